The molecule has 0 aromatic carbocycles. The van der Waals surface area contributed by atoms with Gasteiger partial charge in [-0.15, -0.1) is 0 Å². The van der Waals surface area contributed by atoms with Crippen molar-refractivity contribution in [1.82, 2.24) is 0 Å². The second-order valence-electron chi connectivity index (χ2n) is 3.03. The van der Waals surface area contributed by atoms with Gasteiger partial charge in [0, 0.05) is 0 Å². The molecule has 0 bridgehead atoms. The van der Waals surface area contributed by atoms with Gasteiger partial charge in [-0.25, -0.2) is 0 Å². The molecule has 0 saturated carbocycles. The monoisotopic (exact) mass is 418 g/mol. The van der Waals surface area contributed by atoms with E-state index in [4.69, 9.17) is 1.41 Å². The molecular formula is C12H18OSn2. The van der Waals surface area contributed by atoms with Crippen molar-refractivity contribution in [1.29, 1.82) is 0 Å². The fourth-order valence-corrected chi connectivity index (χ4v) is 28.4. The molecule has 0 atom stereocenters. The molecule has 0 spiro atoms. The molecule has 0 radical (unpaired) electrons. The van der Waals surface area contributed by atoms with Crippen LogP contribution in [0.5, 0.6) is 0 Å². The summed E-state index contributed by atoms with van der Waals surface area (Å²) in [5.41, 5.74) is 0. The molecule has 0 unspecified atom stereocenters. The zero-order valence-corrected chi connectivity index (χ0v) is 14.8. The summed E-state index contributed by atoms with van der Waals surface area (Å²) in [6, 6.07) is 0. The molecule has 3 heteroatoms. The molecule has 0 fully saturated rings. The van der Waals surface area contributed by atoms with Crippen LogP contribution in [0.3, 0.4) is 0 Å². The molecule has 0 aromatic heterocycles. The molecule has 0 aliphatic carbocycles. The van der Waals surface area contributed by atoms with Gasteiger partial charge >= 0.3 is 103 Å². The molecule has 0 N–H and O–H groups in total. The summed E-state index contributed by atoms with van der Waals surface area (Å²) in [4.78, 5) is 0. The van der Waals surface area contributed by atoms with Crippen LogP contribution in [0, 0.1) is 0 Å². The van der Waals surface area contributed by atoms with Gasteiger partial charge in [-0.1, -0.05) is 0 Å². The van der Waals surface area contributed by atoms with E-state index in [1.165, 1.54) is 0 Å². The number of hydrogen-bond acceptors (Lipinski definition) is 1. The molecule has 1 nitrogen and oxygen atoms in total. The van der Waals surface area contributed by atoms with E-state index in [-0.39, 0.29) is 0 Å². The first-order valence-corrected chi connectivity index (χ1v) is 16.8. The summed E-state index contributed by atoms with van der Waals surface area (Å²) in [6.07, 6.45) is 0. The minimum absolute atomic E-state index is 1.87. The summed E-state index contributed by atoms with van der Waals surface area (Å²) in [7, 11) is 0. The Morgan fingerprint density at radius 2 is 0.733 bits per heavy atom. The molecule has 0 saturated heterocycles. The van der Waals surface area contributed by atoms with Gasteiger partial charge in [0.25, 0.3) is 0 Å². The Morgan fingerprint density at radius 1 is 0.533 bits per heavy atom. The first-order valence-electron chi connectivity index (χ1n) is 4.59. The van der Waals surface area contributed by atoms with E-state index in [0.717, 1.165) is 0 Å². The summed E-state index contributed by atoms with van der Waals surface area (Å²) >= 11 is -6.05. The Morgan fingerprint density at radius 3 is 0.867 bits per heavy atom. The standard InChI is InChI=1S/6C2H3.O.2Sn/c6*1-2;;;/h6*1H,2H2;;;. The SMILES string of the molecule is C=[CH][Sn]([CH]=C)([CH]=C)[O][Sn]([CH]=C)([CH]=C)[CH]=C. The average molecular weight is 416 g/mol. The topological polar surface area (TPSA) is 9.23 Å². The Kier molecular flexibility index (Phi) is 6.55. The number of hydrogen-bond donors (Lipinski definition) is 0. The third kappa shape index (κ3) is 3.50. The molecule has 0 aliphatic rings. The minimum atomic E-state index is -3.03. The van der Waals surface area contributed by atoms with Crippen LogP contribution < -0.4 is 0 Å². The Labute approximate surface area is 102 Å². The normalized spacial score (nSPS) is 11.2. The van der Waals surface area contributed by atoms with E-state index < -0.39 is 37.6 Å². The van der Waals surface area contributed by atoms with Gasteiger partial charge in [0.15, 0.2) is 0 Å². The van der Waals surface area contributed by atoms with Crippen molar-refractivity contribution in [3.8, 4) is 0 Å². The van der Waals surface area contributed by atoms with Crippen LogP contribution in [0.25, 0.3) is 0 Å². The van der Waals surface area contributed by atoms with Crippen LogP contribution in [0.2, 0.25) is 0 Å². The zero-order valence-electron chi connectivity index (χ0n) is 9.11. The van der Waals surface area contributed by atoms with Gasteiger partial charge in [-0.3, -0.25) is 0 Å². The van der Waals surface area contributed by atoms with Crippen molar-refractivity contribution in [2.24, 2.45) is 0 Å². The van der Waals surface area contributed by atoms with E-state index in [1.54, 1.807) is 0 Å². The van der Waals surface area contributed by atoms with Gasteiger partial charge in [0.2, 0.25) is 0 Å². The fourth-order valence-electron chi connectivity index (χ4n) is 1.06. The van der Waals surface area contributed by atoms with Crippen molar-refractivity contribution >= 4 is 37.6 Å². The van der Waals surface area contributed by atoms with Crippen LogP contribution in [-0.4, -0.2) is 37.6 Å². The van der Waals surface area contributed by atoms with Gasteiger partial charge in [0.05, 0.1) is 0 Å². The fraction of sp³-hybridized carbons (Fsp3) is 0. The number of rotatable bonds is 8. The van der Waals surface area contributed by atoms with E-state index >= 15 is 0 Å². The molecule has 0 aliphatic heterocycles. The zero-order chi connectivity index (χ0) is 11.9. The van der Waals surface area contributed by atoms with Crippen LogP contribution in [0.15, 0.2) is 64.0 Å². The summed E-state index contributed by atoms with van der Waals surface area (Å²) in [6.45, 7) is 22.9. The quantitative estimate of drug-likeness (QED) is 0.553. The average Bonchev–Trinajstić information content (AvgIpc) is 2.33. The molecule has 0 heterocycles. The predicted octanol–water partition coefficient (Wildman–Crippen LogP) is 3.25. The van der Waals surface area contributed by atoms with Crippen molar-refractivity contribution < 1.29 is 1.41 Å². The Balaban J connectivity index is 5.25. The second-order valence-corrected chi connectivity index (χ2v) is 24.3. The van der Waals surface area contributed by atoms with E-state index in [2.05, 4.69) is 39.5 Å². The third-order valence-electron chi connectivity index (χ3n) is 2.27. The molecule has 15 heavy (non-hydrogen) atoms. The molecule has 0 amide bonds. The van der Waals surface area contributed by atoms with Crippen molar-refractivity contribution in [2.45, 2.75) is 0 Å². The Hall–Kier alpha value is -0.00260. The predicted molar refractivity (Wildman–Crippen MR) is 73.8 cm³/mol. The van der Waals surface area contributed by atoms with E-state index in [9.17, 15) is 0 Å². The molecule has 0 rings (SSSR count). The van der Waals surface area contributed by atoms with Gasteiger partial charge in [0.1, 0.15) is 0 Å². The Bertz CT molecular complexity index is 231. The van der Waals surface area contributed by atoms with Gasteiger partial charge < -0.3 is 0 Å². The summed E-state index contributed by atoms with van der Waals surface area (Å²) in [5.74, 6) is 0. The molecule has 0 aromatic rings. The van der Waals surface area contributed by atoms with Crippen molar-refractivity contribution in [3.05, 3.63) is 64.0 Å². The van der Waals surface area contributed by atoms with Crippen LogP contribution in [0.1, 0.15) is 0 Å². The van der Waals surface area contributed by atoms with Gasteiger partial charge in [-0.2, -0.15) is 0 Å². The van der Waals surface area contributed by atoms with Crippen LogP contribution >= 0.6 is 0 Å². The van der Waals surface area contributed by atoms with Crippen molar-refractivity contribution in [3.63, 3.8) is 0 Å². The first kappa shape index (κ1) is 15.0. The van der Waals surface area contributed by atoms with Crippen LogP contribution in [0.4, 0.5) is 0 Å². The van der Waals surface area contributed by atoms with E-state index in [1.807, 2.05) is 24.6 Å². The van der Waals surface area contributed by atoms with Gasteiger partial charge in [-0.05, 0) is 0 Å². The molecule has 80 valence electrons. The maximum absolute atomic E-state index is 6.23. The molecular weight excluding hydrogens is 398 g/mol. The third-order valence-corrected chi connectivity index (χ3v) is 28.8. The second kappa shape index (κ2) is 6.55. The first-order chi connectivity index (χ1) is 7.07. The summed E-state index contributed by atoms with van der Waals surface area (Å²) in [5, 5.41) is 0. The van der Waals surface area contributed by atoms with Crippen LogP contribution in [-0.2, 0) is 1.41 Å². The maximum atomic E-state index is 6.23. The summed E-state index contributed by atoms with van der Waals surface area (Å²) < 4.78 is 17.5. The van der Waals surface area contributed by atoms with Crippen molar-refractivity contribution in [2.75, 3.05) is 0 Å². The van der Waals surface area contributed by atoms with E-state index in [0.29, 0.717) is 0 Å².